The molecule has 0 radical (unpaired) electrons. The Kier molecular flexibility index (Phi) is 4.95. The number of nitrogens with one attached hydrogen (secondary N) is 2. The molecule has 2 aromatic heterocycles. The molecule has 2 aromatic rings. The fraction of sp³-hybridized carbons (Fsp3) is 0.438. The molecule has 0 unspecified atom stereocenters. The fourth-order valence-electron chi connectivity index (χ4n) is 2.71. The molecule has 0 aromatic carbocycles. The lowest BCUT2D eigenvalue weighted by Crippen LogP contribution is -2.36. The first-order valence-electron chi connectivity index (χ1n) is 7.86. The van der Waals surface area contributed by atoms with Crippen LogP contribution in [-0.2, 0) is 17.7 Å². The van der Waals surface area contributed by atoms with Crippen molar-refractivity contribution in [1.29, 1.82) is 0 Å². The second-order valence-electron chi connectivity index (χ2n) is 5.59. The van der Waals surface area contributed by atoms with Gasteiger partial charge in [0, 0.05) is 44.5 Å². The third-order valence-corrected chi connectivity index (χ3v) is 3.98. The molecule has 128 valence electrons. The molecule has 8 nitrogen and oxygen atoms in total. The highest BCUT2D eigenvalue weighted by Crippen LogP contribution is 2.22. The number of nitrogens with zero attached hydrogens (tertiary/aromatic N) is 2. The molecular formula is C16H20N4O4. The van der Waals surface area contributed by atoms with E-state index < -0.39 is 0 Å². The topological polar surface area (TPSA) is 100 Å². The van der Waals surface area contributed by atoms with Crippen LogP contribution in [0.1, 0.15) is 38.7 Å². The Hall–Kier alpha value is -2.61. The van der Waals surface area contributed by atoms with Crippen LogP contribution in [0.4, 0.5) is 0 Å². The Bertz CT molecular complexity index is 708. The monoisotopic (exact) mass is 332 g/mol. The number of amides is 2. The zero-order valence-electron chi connectivity index (χ0n) is 13.5. The molecule has 0 saturated heterocycles. The molecule has 0 aliphatic carbocycles. The van der Waals surface area contributed by atoms with Gasteiger partial charge in [-0.05, 0) is 18.6 Å². The normalized spacial score (nSPS) is 13.6. The minimum absolute atomic E-state index is 0.182. The summed E-state index contributed by atoms with van der Waals surface area (Å²) in [5.74, 6) is -0.123. The van der Waals surface area contributed by atoms with E-state index in [1.54, 1.807) is 24.1 Å². The fourth-order valence-corrected chi connectivity index (χ4v) is 2.71. The number of carbonyl (C=O) groups excluding carboxylic acids is 2. The largest absolute Gasteiger partial charge is 0.459 e. The molecule has 8 heteroatoms. The van der Waals surface area contributed by atoms with Gasteiger partial charge in [-0.15, -0.1) is 0 Å². The molecule has 0 bridgehead atoms. The number of aromatic nitrogens is 2. The van der Waals surface area contributed by atoms with Crippen LogP contribution in [-0.4, -0.2) is 53.7 Å². The van der Waals surface area contributed by atoms with Crippen molar-refractivity contribution in [1.82, 2.24) is 20.4 Å². The average Bonchev–Trinajstić information content (AvgIpc) is 3.26. The van der Waals surface area contributed by atoms with E-state index in [4.69, 9.17) is 9.15 Å². The van der Waals surface area contributed by atoms with E-state index in [-0.39, 0.29) is 11.8 Å². The highest BCUT2D eigenvalue weighted by Gasteiger charge is 2.29. The van der Waals surface area contributed by atoms with Gasteiger partial charge in [0.05, 0.1) is 12.8 Å². The SMILES string of the molecule is COCCCNC(=O)c1n[nH]c2c1CN(C(=O)c1ccco1)CC2. The summed E-state index contributed by atoms with van der Waals surface area (Å²) in [7, 11) is 1.62. The standard InChI is InChI=1S/C16H20N4O4/c1-23-8-3-6-17-15(21)14-11-10-20(7-5-12(11)18-19-14)16(22)13-4-2-9-24-13/h2,4,9H,3,5-8,10H2,1H3,(H,17,21)(H,18,19). The van der Waals surface area contributed by atoms with Crippen LogP contribution in [0.3, 0.4) is 0 Å². The van der Waals surface area contributed by atoms with Gasteiger partial charge in [-0.3, -0.25) is 14.7 Å². The smallest absolute Gasteiger partial charge is 0.289 e. The third-order valence-electron chi connectivity index (χ3n) is 3.98. The van der Waals surface area contributed by atoms with Gasteiger partial charge < -0.3 is 19.4 Å². The van der Waals surface area contributed by atoms with Crippen molar-refractivity contribution >= 4 is 11.8 Å². The maximum atomic E-state index is 12.4. The average molecular weight is 332 g/mol. The van der Waals surface area contributed by atoms with E-state index in [2.05, 4.69) is 15.5 Å². The van der Waals surface area contributed by atoms with Gasteiger partial charge in [-0.2, -0.15) is 5.10 Å². The number of aromatic amines is 1. The van der Waals surface area contributed by atoms with Gasteiger partial charge in [0.2, 0.25) is 0 Å². The van der Waals surface area contributed by atoms with Gasteiger partial charge in [-0.1, -0.05) is 0 Å². The van der Waals surface area contributed by atoms with Crippen LogP contribution in [0.25, 0.3) is 0 Å². The molecular weight excluding hydrogens is 312 g/mol. The summed E-state index contributed by atoms with van der Waals surface area (Å²) in [4.78, 5) is 26.4. The zero-order valence-corrected chi connectivity index (χ0v) is 13.5. The number of hydrogen-bond acceptors (Lipinski definition) is 5. The van der Waals surface area contributed by atoms with Crippen molar-refractivity contribution in [2.45, 2.75) is 19.4 Å². The Morgan fingerprint density at radius 1 is 1.50 bits per heavy atom. The molecule has 2 N–H and O–H groups in total. The quantitative estimate of drug-likeness (QED) is 0.768. The number of furan rings is 1. The predicted octanol–water partition coefficient (Wildman–Crippen LogP) is 0.967. The maximum absolute atomic E-state index is 12.4. The second-order valence-corrected chi connectivity index (χ2v) is 5.59. The molecule has 2 amide bonds. The minimum Gasteiger partial charge on any atom is -0.459 e. The zero-order chi connectivity index (χ0) is 16.9. The van der Waals surface area contributed by atoms with E-state index in [0.717, 1.165) is 17.7 Å². The number of H-pyrrole nitrogens is 1. The lowest BCUT2D eigenvalue weighted by Gasteiger charge is -2.26. The molecule has 0 spiro atoms. The van der Waals surface area contributed by atoms with Gasteiger partial charge in [0.1, 0.15) is 0 Å². The molecule has 24 heavy (non-hydrogen) atoms. The van der Waals surface area contributed by atoms with E-state index in [1.807, 2.05) is 0 Å². The summed E-state index contributed by atoms with van der Waals surface area (Å²) in [6.45, 7) is 2.00. The van der Waals surface area contributed by atoms with Crippen LogP contribution in [0.15, 0.2) is 22.8 Å². The van der Waals surface area contributed by atoms with Gasteiger partial charge in [0.25, 0.3) is 11.8 Å². The van der Waals surface area contributed by atoms with Crippen molar-refractivity contribution in [3.05, 3.63) is 41.1 Å². The minimum atomic E-state index is -0.240. The van der Waals surface area contributed by atoms with Crippen molar-refractivity contribution in [2.24, 2.45) is 0 Å². The Labute approximate surface area is 139 Å². The number of fused-ring (bicyclic) bond motifs is 1. The lowest BCUT2D eigenvalue weighted by molar-refractivity contribution is 0.0699. The first-order valence-corrected chi connectivity index (χ1v) is 7.86. The molecule has 1 aliphatic heterocycles. The molecule has 3 rings (SSSR count). The second kappa shape index (κ2) is 7.31. The summed E-state index contributed by atoms with van der Waals surface area (Å²) in [5, 5.41) is 9.85. The van der Waals surface area contributed by atoms with E-state index >= 15 is 0 Å². The predicted molar refractivity (Wildman–Crippen MR) is 84.6 cm³/mol. The number of ether oxygens (including phenoxy) is 1. The first kappa shape index (κ1) is 16.3. The molecule has 3 heterocycles. The van der Waals surface area contributed by atoms with Gasteiger partial charge >= 0.3 is 0 Å². The molecule has 0 saturated carbocycles. The summed E-state index contributed by atoms with van der Waals surface area (Å²) in [6.07, 6.45) is 2.84. The Morgan fingerprint density at radius 2 is 2.38 bits per heavy atom. The summed E-state index contributed by atoms with van der Waals surface area (Å²) in [5.41, 5.74) is 2.02. The summed E-state index contributed by atoms with van der Waals surface area (Å²) >= 11 is 0. The summed E-state index contributed by atoms with van der Waals surface area (Å²) in [6, 6.07) is 3.32. The summed E-state index contributed by atoms with van der Waals surface area (Å²) < 4.78 is 10.1. The molecule has 0 fully saturated rings. The maximum Gasteiger partial charge on any atom is 0.289 e. The highest BCUT2D eigenvalue weighted by atomic mass is 16.5. The molecule has 1 aliphatic rings. The van der Waals surface area contributed by atoms with E-state index in [0.29, 0.717) is 44.1 Å². The van der Waals surface area contributed by atoms with Crippen molar-refractivity contribution in [2.75, 3.05) is 26.8 Å². The van der Waals surface area contributed by atoms with Crippen molar-refractivity contribution < 1.29 is 18.7 Å². The first-order chi connectivity index (χ1) is 11.7. The Balaban J connectivity index is 1.68. The van der Waals surface area contributed by atoms with Crippen molar-refractivity contribution in [3.63, 3.8) is 0 Å². The third kappa shape index (κ3) is 3.33. The van der Waals surface area contributed by atoms with Crippen molar-refractivity contribution in [3.8, 4) is 0 Å². The van der Waals surface area contributed by atoms with Crippen LogP contribution in [0.5, 0.6) is 0 Å². The lowest BCUT2D eigenvalue weighted by atomic mass is 10.0. The molecule has 0 atom stereocenters. The number of hydrogen-bond donors (Lipinski definition) is 2. The Morgan fingerprint density at radius 3 is 3.12 bits per heavy atom. The van der Waals surface area contributed by atoms with Gasteiger partial charge in [0.15, 0.2) is 11.5 Å². The van der Waals surface area contributed by atoms with Crippen LogP contribution in [0.2, 0.25) is 0 Å². The van der Waals surface area contributed by atoms with E-state index in [9.17, 15) is 9.59 Å². The van der Waals surface area contributed by atoms with Crippen LogP contribution in [0, 0.1) is 0 Å². The van der Waals surface area contributed by atoms with E-state index in [1.165, 1.54) is 6.26 Å². The van der Waals surface area contributed by atoms with Crippen LogP contribution < -0.4 is 5.32 Å². The highest BCUT2D eigenvalue weighted by molar-refractivity contribution is 5.95. The van der Waals surface area contributed by atoms with Gasteiger partial charge in [-0.25, -0.2) is 0 Å². The number of methoxy groups -OCH3 is 1. The van der Waals surface area contributed by atoms with Crippen LogP contribution >= 0.6 is 0 Å². The number of rotatable bonds is 6. The number of carbonyl (C=O) groups is 2.